The summed E-state index contributed by atoms with van der Waals surface area (Å²) in [6.07, 6.45) is 0. The van der Waals surface area contributed by atoms with E-state index in [2.05, 4.69) is 9.97 Å². The highest BCUT2D eigenvalue weighted by atomic mass is 16.6. The van der Waals surface area contributed by atoms with E-state index in [4.69, 9.17) is 5.73 Å². The van der Waals surface area contributed by atoms with E-state index in [0.29, 0.717) is 22.9 Å². The fraction of sp³-hybridized carbons (Fsp3) is 0.0909. The van der Waals surface area contributed by atoms with Gasteiger partial charge in [-0.05, 0) is 6.92 Å². The normalized spacial score (nSPS) is 10.2. The van der Waals surface area contributed by atoms with Crippen LogP contribution >= 0.6 is 0 Å². The monoisotopic (exact) mass is 230 g/mol. The van der Waals surface area contributed by atoms with Gasteiger partial charge < -0.3 is 5.73 Å². The molecule has 1 heterocycles. The van der Waals surface area contributed by atoms with Crippen molar-refractivity contribution in [2.24, 2.45) is 0 Å². The number of aryl methyl sites for hydroxylation is 1. The van der Waals surface area contributed by atoms with Crippen molar-refractivity contribution in [2.75, 3.05) is 5.73 Å². The molecule has 0 aliphatic heterocycles. The predicted octanol–water partition coefficient (Wildman–Crippen LogP) is 1.94. The van der Waals surface area contributed by atoms with Crippen molar-refractivity contribution in [2.45, 2.75) is 6.92 Å². The number of hydrogen-bond acceptors (Lipinski definition) is 5. The van der Waals surface area contributed by atoms with Gasteiger partial charge in [0.25, 0.3) is 5.69 Å². The predicted molar refractivity (Wildman–Crippen MR) is 63.3 cm³/mol. The zero-order valence-corrected chi connectivity index (χ0v) is 9.12. The molecule has 1 aromatic heterocycles. The topological polar surface area (TPSA) is 94.9 Å². The minimum absolute atomic E-state index is 0.0253. The number of anilines is 1. The Labute approximate surface area is 97.3 Å². The number of benzene rings is 1. The molecule has 0 amide bonds. The third-order valence-electron chi connectivity index (χ3n) is 2.21. The Hall–Kier alpha value is -2.50. The first kappa shape index (κ1) is 11.0. The molecular formula is C11H10N4O2. The molecule has 17 heavy (non-hydrogen) atoms. The van der Waals surface area contributed by atoms with Crippen LogP contribution in [-0.4, -0.2) is 14.9 Å². The van der Waals surface area contributed by atoms with Crippen LogP contribution in [0.4, 0.5) is 11.5 Å². The molecule has 0 saturated heterocycles. The summed E-state index contributed by atoms with van der Waals surface area (Å²) < 4.78 is 0. The summed E-state index contributed by atoms with van der Waals surface area (Å²) in [4.78, 5) is 18.4. The molecule has 0 saturated carbocycles. The van der Waals surface area contributed by atoms with Gasteiger partial charge in [0.05, 0.1) is 10.6 Å². The lowest BCUT2D eigenvalue weighted by Gasteiger charge is -2.03. The van der Waals surface area contributed by atoms with Gasteiger partial charge in [-0.15, -0.1) is 0 Å². The second kappa shape index (κ2) is 4.17. The van der Waals surface area contributed by atoms with Crippen LogP contribution < -0.4 is 5.73 Å². The quantitative estimate of drug-likeness (QED) is 0.628. The molecule has 0 spiro atoms. The minimum atomic E-state index is -0.444. The second-order valence-corrected chi connectivity index (χ2v) is 3.53. The van der Waals surface area contributed by atoms with E-state index >= 15 is 0 Å². The van der Waals surface area contributed by atoms with Gasteiger partial charge in [-0.25, -0.2) is 9.97 Å². The van der Waals surface area contributed by atoms with Crippen LogP contribution in [0.1, 0.15) is 5.82 Å². The second-order valence-electron chi connectivity index (χ2n) is 3.53. The average Bonchev–Trinajstić information content (AvgIpc) is 2.28. The molecule has 0 fully saturated rings. The molecule has 6 heteroatoms. The van der Waals surface area contributed by atoms with Gasteiger partial charge in [-0.2, -0.15) is 0 Å². The molecule has 0 radical (unpaired) electrons. The fourth-order valence-corrected chi connectivity index (χ4v) is 1.52. The van der Waals surface area contributed by atoms with Crippen LogP contribution in [0.5, 0.6) is 0 Å². The number of hydrogen-bond donors (Lipinski definition) is 1. The number of nitro groups is 1. The van der Waals surface area contributed by atoms with Gasteiger partial charge in [0.1, 0.15) is 11.6 Å². The maximum Gasteiger partial charge on any atom is 0.270 e. The van der Waals surface area contributed by atoms with Crippen LogP contribution in [0.3, 0.4) is 0 Å². The number of rotatable bonds is 2. The van der Waals surface area contributed by atoms with E-state index in [1.807, 2.05) is 0 Å². The summed E-state index contributed by atoms with van der Waals surface area (Å²) in [5.74, 6) is 0.880. The van der Waals surface area contributed by atoms with Crippen LogP contribution in [0, 0.1) is 17.0 Å². The summed E-state index contributed by atoms with van der Waals surface area (Å²) in [6.45, 7) is 1.72. The smallest absolute Gasteiger partial charge is 0.270 e. The van der Waals surface area contributed by atoms with Crippen molar-refractivity contribution < 1.29 is 4.92 Å². The number of non-ortho nitro benzene ring substituents is 1. The number of nitrogens with zero attached hydrogens (tertiary/aromatic N) is 3. The van der Waals surface area contributed by atoms with Crippen LogP contribution in [0.15, 0.2) is 30.3 Å². The number of nitrogen functional groups attached to an aromatic ring is 1. The van der Waals surface area contributed by atoms with Gasteiger partial charge >= 0.3 is 0 Å². The van der Waals surface area contributed by atoms with Gasteiger partial charge in [0.2, 0.25) is 0 Å². The van der Waals surface area contributed by atoms with E-state index in [-0.39, 0.29) is 5.69 Å². The molecule has 0 bridgehead atoms. The summed E-state index contributed by atoms with van der Waals surface area (Å²) in [6, 6.07) is 7.84. The average molecular weight is 230 g/mol. The maximum absolute atomic E-state index is 10.7. The number of nitrogens with two attached hydrogens (primary N) is 1. The van der Waals surface area contributed by atoms with Gasteiger partial charge in [-0.1, -0.05) is 12.1 Å². The van der Waals surface area contributed by atoms with Crippen LogP contribution in [-0.2, 0) is 0 Å². The molecule has 1 aromatic carbocycles. The van der Waals surface area contributed by atoms with Gasteiger partial charge in [-0.3, -0.25) is 10.1 Å². The number of aromatic nitrogens is 2. The zero-order chi connectivity index (χ0) is 12.4. The Balaban J connectivity index is 2.52. The lowest BCUT2D eigenvalue weighted by atomic mass is 10.1. The maximum atomic E-state index is 10.7. The molecule has 0 aliphatic rings. The molecule has 86 valence electrons. The molecule has 0 atom stereocenters. The van der Waals surface area contributed by atoms with E-state index in [9.17, 15) is 10.1 Å². The van der Waals surface area contributed by atoms with E-state index in [0.717, 1.165) is 0 Å². The minimum Gasteiger partial charge on any atom is -0.384 e. The van der Waals surface area contributed by atoms with Gasteiger partial charge in [0.15, 0.2) is 0 Å². The van der Waals surface area contributed by atoms with E-state index in [1.54, 1.807) is 25.1 Å². The summed E-state index contributed by atoms with van der Waals surface area (Å²) in [5, 5.41) is 10.7. The van der Waals surface area contributed by atoms with Crippen molar-refractivity contribution in [1.29, 1.82) is 0 Å². The van der Waals surface area contributed by atoms with Crippen molar-refractivity contribution in [1.82, 2.24) is 9.97 Å². The third kappa shape index (κ3) is 2.36. The lowest BCUT2D eigenvalue weighted by molar-refractivity contribution is -0.384. The Kier molecular flexibility index (Phi) is 2.70. The van der Waals surface area contributed by atoms with Crippen molar-refractivity contribution >= 4 is 11.5 Å². The first-order chi connectivity index (χ1) is 8.06. The highest BCUT2D eigenvalue weighted by Gasteiger charge is 2.08. The van der Waals surface area contributed by atoms with E-state index < -0.39 is 4.92 Å². The molecule has 2 N–H and O–H groups in total. The molecule has 0 aliphatic carbocycles. The highest BCUT2D eigenvalue weighted by Crippen LogP contribution is 2.23. The zero-order valence-electron chi connectivity index (χ0n) is 9.12. The Morgan fingerprint density at radius 1 is 1.29 bits per heavy atom. The fourth-order valence-electron chi connectivity index (χ4n) is 1.52. The van der Waals surface area contributed by atoms with Gasteiger partial charge in [0, 0.05) is 23.8 Å². The van der Waals surface area contributed by atoms with E-state index in [1.165, 1.54) is 12.1 Å². The third-order valence-corrected chi connectivity index (χ3v) is 2.21. The van der Waals surface area contributed by atoms with Crippen molar-refractivity contribution in [3.63, 3.8) is 0 Å². The summed E-state index contributed by atoms with van der Waals surface area (Å²) in [7, 11) is 0. The Morgan fingerprint density at radius 2 is 2.06 bits per heavy atom. The SMILES string of the molecule is Cc1nc(N)cc(-c2cccc([N+](=O)[O-])c2)n1. The molecule has 0 unspecified atom stereocenters. The largest absolute Gasteiger partial charge is 0.384 e. The van der Waals surface area contributed by atoms with Crippen LogP contribution in [0.2, 0.25) is 0 Å². The number of nitro benzene ring substituents is 1. The first-order valence-electron chi connectivity index (χ1n) is 4.92. The van der Waals surface area contributed by atoms with Crippen molar-refractivity contribution in [3.05, 3.63) is 46.3 Å². The molecule has 2 rings (SSSR count). The molecular weight excluding hydrogens is 220 g/mol. The summed E-state index contributed by atoms with van der Waals surface area (Å²) >= 11 is 0. The Morgan fingerprint density at radius 3 is 2.71 bits per heavy atom. The standard InChI is InChI=1S/C11H10N4O2/c1-7-13-10(6-11(12)14-7)8-3-2-4-9(5-8)15(16)17/h2-6H,1H3,(H2,12,13,14). The lowest BCUT2D eigenvalue weighted by Crippen LogP contribution is -1.97. The Bertz CT molecular complexity index is 563. The summed E-state index contributed by atoms with van der Waals surface area (Å²) in [5.41, 5.74) is 6.87. The molecule has 6 nitrogen and oxygen atoms in total. The van der Waals surface area contributed by atoms with Crippen LogP contribution in [0.25, 0.3) is 11.3 Å². The first-order valence-corrected chi connectivity index (χ1v) is 4.92. The highest BCUT2D eigenvalue weighted by molar-refractivity contribution is 5.64. The van der Waals surface area contributed by atoms with Crippen molar-refractivity contribution in [3.8, 4) is 11.3 Å². The molecule has 2 aromatic rings.